The zero-order chi connectivity index (χ0) is 13.1. The number of rotatable bonds is 4. The lowest BCUT2D eigenvalue weighted by Gasteiger charge is -2.17. The van der Waals surface area contributed by atoms with E-state index in [2.05, 4.69) is 0 Å². The summed E-state index contributed by atoms with van der Waals surface area (Å²) < 4.78 is 16.0. The van der Waals surface area contributed by atoms with Gasteiger partial charge < -0.3 is 19.3 Å². The van der Waals surface area contributed by atoms with Crippen LogP contribution in [0.3, 0.4) is 0 Å². The van der Waals surface area contributed by atoms with Gasteiger partial charge in [-0.25, -0.2) is 0 Å². The van der Waals surface area contributed by atoms with Gasteiger partial charge in [-0.05, 0) is 42.9 Å². The van der Waals surface area contributed by atoms with Crippen LogP contribution >= 0.6 is 0 Å². The molecule has 0 spiro atoms. The summed E-state index contributed by atoms with van der Waals surface area (Å²) in [4.78, 5) is 0. The standard InChI is InChI=1S/C14H20O4/c1-16-12-7-10(9-4-5-11(15)6-9)8-13(17-2)14(12)18-3/h7-9,11,15H,4-6H2,1-3H3. The first kappa shape index (κ1) is 13.0. The molecular formula is C14H20O4. The second-order valence-electron chi connectivity index (χ2n) is 4.62. The van der Waals surface area contributed by atoms with Crippen molar-refractivity contribution in [1.82, 2.24) is 0 Å². The Hall–Kier alpha value is -1.42. The molecule has 1 aromatic carbocycles. The van der Waals surface area contributed by atoms with Crippen molar-refractivity contribution in [2.24, 2.45) is 0 Å². The fourth-order valence-corrected chi connectivity index (χ4v) is 2.60. The van der Waals surface area contributed by atoms with Gasteiger partial charge in [0.1, 0.15) is 0 Å². The van der Waals surface area contributed by atoms with E-state index in [9.17, 15) is 5.11 Å². The summed E-state index contributed by atoms with van der Waals surface area (Å²) in [5, 5.41) is 9.63. The lowest BCUT2D eigenvalue weighted by Crippen LogP contribution is -2.01. The van der Waals surface area contributed by atoms with Crippen molar-refractivity contribution in [1.29, 1.82) is 0 Å². The van der Waals surface area contributed by atoms with Crippen LogP contribution in [0.2, 0.25) is 0 Å². The smallest absolute Gasteiger partial charge is 0.203 e. The average Bonchev–Trinajstić information content (AvgIpc) is 2.83. The molecule has 100 valence electrons. The topological polar surface area (TPSA) is 47.9 Å². The first-order chi connectivity index (χ1) is 8.69. The van der Waals surface area contributed by atoms with E-state index in [0.29, 0.717) is 23.2 Å². The number of hydrogen-bond donors (Lipinski definition) is 1. The summed E-state index contributed by atoms with van der Waals surface area (Å²) in [5.41, 5.74) is 1.14. The van der Waals surface area contributed by atoms with Gasteiger partial charge in [-0.1, -0.05) is 0 Å². The average molecular weight is 252 g/mol. The zero-order valence-electron chi connectivity index (χ0n) is 11.1. The Morgan fingerprint density at radius 2 is 1.61 bits per heavy atom. The molecule has 1 fully saturated rings. The van der Waals surface area contributed by atoms with Crippen LogP contribution in [0.5, 0.6) is 17.2 Å². The van der Waals surface area contributed by atoms with Crippen LogP contribution in [0.15, 0.2) is 12.1 Å². The monoisotopic (exact) mass is 252 g/mol. The lowest BCUT2D eigenvalue weighted by molar-refractivity contribution is 0.181. The summed E-state index contributed by atoms with van der Waals surface area (Å²) in [6.45, 7) is 0. The molecule has 18 heavy (non-hydrogen) atoms. The van der Waals surface area contributed by atoms with Crippen LogP contribution in [0.4, 0.5) is 0 Å². The third kappa shape index (κ3) is 2.38. The van der Waals surface area contributed by atoms with Crippen LogP contribution in [-0.4, -0.2) is 32.5 Å². The minimum Gasteiger partial charge on any atom is -0.493 e. The minimum atomic E-state index is -0.186. The molecule has 0 bridgehead atoms. The van der Waals surface area contributed by atoms with Gasteiger partial charge in [-0.15, -0.1) is 0 Å². The molecule has 4 heteroatoms. The van der Waals surface area contributed by atoms with Crippen LogP contribution < -0.4 is 14.2 Å². The van der Waals surface area contributed by atoms with E-state index in [0.717, 1.165) is 24.8 Å². The summed E-state index contributed by atoms with van der Waals surface area (Å²) in [5.74, 6) is 2.33. The molecule has 0 amide bonds. The number of aliphatic hydroxyl groups is 1. The molecule has 2 unspecified atom stereocenters. The van der Waals surface area contributed by atoms with Gasteiger partial charge in [-0.3, -0.25) is 0 Å². The molecule has 1 aliphatic carbocycles. The van der Waals surface area contributed by atoms with Gasteiger partial charge in [-0.2, -0.15) is 0 Å². The van der Waals surface area contributed by atoms with E-state index >= 15 is 0 Å². The predicted octanol–water partition coefficient (Wildman–Crippen LogP) is 2.34. The van der Waals surface area contributed by atoms with Gasteiger partial charge in [0.2, 0.25) is 5.75 Å². The Morgan fingerprint density at radius 1 is 1.00 bits per heavy atom. The number of aliphatic hydroxyl groups excluding tert-OH is 1. The van der Waals surface area contributed by atoms with Crippen molar-refractivity contribution in [3.8, 4) is 17.2 Å². The molecule has 0 aliphatic heterocycles. The lowest BCUT2D eigenvalue weighted by atomic mass is 9.96. The Balaban J connectivity index is 2.37. The summed E-state index contributed by atoms with van der Waals surface area (Å²) in [6, 6.07) is 3.95. The van der Waals surface area contributed by atoms with Gasteiger partial charge in [0, 0.05) is 0 Å². The Morgan fingerprint density at radius 3 is 2.00 bits per heavy atom. The third-order valence-electron chi connectivity index (χ3n) is 3.56. The fraction of sp³-hybridized carbons (Fsp3) is 0.571. The van der Waals surface area contributed by atoms with Crippen molar-refractivity contribution in [3.63, 3.8) is 0 Å². The normalized spacial score (nSPS) is 22.9. The summed E-state index contributed by atoms with van der Waals surface area (Å²) in [7, 11) is 4.83. The van der Waals surface area contributed by atoms with Gasteiger partial charge in [0.15, 0.2) is 11.5 Å². The maximum atomic E-state index is 9.63. The van der Waals surface area contributed by atoms with Gasteiger partial charge in [0.05, 0.1) is 27.4 Å². The Bertz CT molecular complexity index is 391. The van der Waals surface area contributed by atoms with E-state index < -0.39 is 0 Å². The fourth-order valence-electron chi connectivity index (χ4n) is 2.60. The molecule has 1 saturated carbocycles. The van der Waals surface area contributed by atoms with E-state index in [1.165, 1.54) is 0 Å². The largest absolute Gasteiger partial charge is 0.493 e. The SMILES string of the molecule is COc1cc(C2CCC(O)C2)cc(OC)c1OC. The van der Waals surface area contributed by atoms with Crippen molar-refractivity contribution in [2.75, 3.05) is 21.3 Å². The number of benzene rings is 1. The molecular weight excluding hydrogens is 232 g/mol. The van der Waals surface area contributed by atoms with Gasteiger partial charge in [0.25, 0.3) is 0 Å². The summed E-state index contributed by atoms with van der Waals surface area (Å²) in [6.07, 6.45) is 2.48. The quantitative estimate of drug-likeness (QED) is 0.893. The highest BCUT2D eigenvalue weighted by Gasteiger charge is 2.26. The Kier molecular flexibility index (Phi) is 3.97. The summed E-state index contributed by atoms with van der Waals surface area (Å²) >= 11 is 0. The molecule has 0 aromatic heterocycles. The van der Waals surface area contributed by atoms with Crippen molar-refractivity contribution in [3.05, 3.63) is 17.7 Å². The van der Waals surface area contributed by atoms with Crippen molar-refractivity contribution < 1.29 is 19.3 Å². The molecule has 0 heterocycles. The van der Waals surface area contributed by atoms with Crippen molar-refractivity contribution >= 4 is 0 Å². The second-order valence-corrected chi connectivity index (χ2v) is 4.62. The highest BCUT2D eigenvalue weighted by atomic mass is 16.5. The molecule has 1 N–H and O–H groups in total. The molecule has 1 aromatic rings. The molecule has 4 nitrogen and oxygen atoms in total. The maximum Gasteiger partial charge on any atom is 0.203 e. The third-order valence-corrected chi connectivity index (χ3v) is 3.56. The van der Waals surface area contributed by atoms with Crippen molar-refractivity contribution in [2.45, 2.75) is 31.3 Å². The van der Waals surface area contributed by atoms with Crippen LogP contribution in [0, 0.1) is 0 Å². The van der Waals surface area contributed by atoms with E-state index in [1.807, 2.05) is 12.1 Å². The van der Waals surface area contributed by atoms with E-state index in [4.69, 9.17) is 14.2 Å². The van der Waals surface area contributed by atoms with Crippen LogP contribution in [0.1, 0.15) is 30.7 Å². The zero-order valence-corrected chi connectivity index (χ0v) is 11.1. The number of hydrogen-bond acceptors (Lipinski definition) is 4. The molecule has 2 atom stereocenters. The highest BCUT2D eigenvalue weighted by Crippen LogP contribution is 2.43. The number of methoxy groups -OCH3 is 3. The highest BCUT2D eigenvalue weighted by molar-refractivity contribution is 5.54. The molecule has 0 radical (unpaired) electrons. The first-order valence-corrected chi connectivity index (χ1v) is 6.17. The van der Waals surface area contributed by atoms with E-state index in [1.54, 1.807) is 21.3 Å². The number of ether oxygens (including phenoxy) is 3. The predicted molar refractivity (Wildman–Crippen MR) is 68.7 cm³/mol. The van der Waals surface area contributed by atoms with Gasteiger partial charge >= 0.3 is 0 Å². The Labute approximate surface area is 107 Å². The second kappa shape index (κ2) is 5.48. The van der Waals surface area contributed by atoms with E-state index in [-0.39, 0.29) is 6.10 Å². The molecule has 0 saturated heterocycles. The van der Waals surface area contributed by atoms with Crippen LogP contribution in [-0.2, 0) is 0 Å². The minimum absolute atomic E-state index is 0.186. The first-order valence-electron chi connectivity index (χ1n) is 6.17. The van der Waals surface area contributed by atoms with Crippen LogP contribution in [0.25, 0.3) is 0 Å². The maximum absolute atomic E-state index is 9.63. The molecule has 1 aliphatic rings. The molecule has 2 rings (SSSR count).